The van der Waals surface area contributed by atoms with E-state index in [2.05, 4.69) is 0 Å². The van der Waals surface area contributed by atoms with Crippen molar-refractivity contribution in [3.63, 3.8) is 0 Å². The number of hydrogen-bond acceptors (Lipinski definition) is 5. The number of rotatable bonds is 5. The fraction of sp³-hybridized carbons (Fsp3) is 0.364. The molecule has 0 aliphatic heterocycles. The van der Waals surface area contributed by atoms with Crippen LogP contribution in [0.5, 0.6) is 5.75 Å². The number of nitro benzene ring substituents is 1. The Kier molecular flexibility index (Phi) is 4.43. The molecule has 0 radical (unpaired) electrons. The lowest BCUT2D eigenvalue weighted by Gasteiger charge is -2.08. The molecule has 1 aromatic rings. The summed E-state index contributed by atoms with van der Waals surface area (Å²) in [7, 11) is 0. The average Bonchev–Trinajstić information content (AvgIpc) is 2.35. The van der Waals surface area contributed by atoms with Crippen molar-refractivity contribution in [1.29, 1.82) is 5.26 Å². The van der Waals surface area contributed by atoms with E-state index in [4.69, 9.17) is 15.7 Å². The summed E-state index contributed by atoms with van der Waals surface area (Å²) in [4.78, 5) is 10.3. The van der Waals surface area contributed by atoms with Crippen molar-refractivity contribution >= 4 is 5.69 Å². The molecular formula is C11H13N3O3. The molecule has 90 valence electrons. The molecule has 0 aliphatic carbocycles. The maximum absolute atomic E-state index is 10.8. The Morgan fingerprint density at radius 3 is 2.88 bits per heavy atom. The molecule has 1 rings (SSSR count). The van der Waals surface area contributed by atoms with Gasteiger partial charge in [-0.25, -0.2) is 0 Å². The number of hydrogen-bond donors (Lipinski definition) is 1. The number of nitriles is 1. The van der Waals surface area contributed by atoms with Gasteiger partial charge in [-0.2, -0.15) is 5.26 Å². The second-order valence-corrected chi connectivity index (χ2v) is 3.46. The molecule has 0 bridgehead atoms. The van der Waals surface area contributed by atoms with Crippen molar-refractivity contribution in [2.45, 2.75) is 19.4 Å². The first-order chi connectivity index (χ1) is 8.08. The summed E-state index contributed by atoms with van der Waals surface area (Å²) in [6.45, 7) is 1.84. The molecule has 0 aliphatic rings. The Hall–Kier alpha value is -2.13. The molecule has 0 saturated carbocycles. The number of nitro groups is 1. The van der Waals surface area contributed by atoms with E-state index in [1.807, 2.05) is 6.92 Å². The fourth-order valence-corrected chi connectivity index (χ4v) is 1.26. The number of ether oxygens (including phenoxy) is 1. The van der Waals surface area contributed by atoms with Gasteiger partial charge in [0.15, 0.2) is 5.75 Å². The third kappa shape index (κ3) is 3.43. The van der Waals surface area contributed by atoms with Gasteiger partial charge in [0, 0.05) is 6.07 Å². The lowest BCUT2D eigenvalue weighted by Crippen LogP contribution is -2.25. The molecular weight excluding hydrogens is 222 g/mol. The van der Waals surface area contributed by atoms with E-state index in [0.29, 0.717) is 6.42 Å². The first-order valence-corrected chi connectivity index (χ1v) is 5.13. The zero-order valence-electron chi connectivity index (χ0n) is 9.42. The Labute approximate surface area is 98.8 Å². The maximum Gasteiger partial charge on any atom is 0.311 e. The highest BCUT2D eigenvalue weighted by Gasteiger charge is 2.16. The van der Waals surface area contributed by atoms with Gasteiger partial charge in [0.2, 0.25) is 0 Å². The van der Waals surface area contributed by atoms with E-state index < -0.39 is 11.0 Å². The minimum Gasteiger partial charge on any atom is -0.484 e. The summed E-state index contributed by atoms with van der Waals surface area (Å²) < 4.78 is 5.16. The van der Waals surface area contributed by atoms with Crippen LogP contribution in [0.2, 0.25) is 0 Å². The molecule has 0 aromatic heterocycles. The van der Waals surface area contributed by atoms with Gasteiger partial charge in [0.05, 0.1) is 11.0 Å². The predicted molar refractivity (Wildman–Crippen MR) is 61.6 cm³/mol. The molecule has 2 N–H and O–H groups in total. The Balaban J connectivity index is 2.91. The van der Waals surface area contributed by atoms with E-state index in [1.54, 1.807) is 12.1 Å². The quantitative estimate of drug-likeness (QED) is 0.613. The van der Waals surface area contributed by atoms with Crippen molar-refractivity contribution in [2.75, 3.05) is 6.61 Å². The van der Waals surface area contributed by atoms with E-state index in [1.165, 1.54) is 12.1 Å². The monoisotopic (exact) mass is 235 g/mol. The van der Waals surface area contributed by atoms with Gasteiger partial charge in [0.1, 0.15) is 12.6 Å². The van der Waals surface area contributed by atoms with Crippen LogP contribution in [0, 0.1) is 21.4 Å². The Morgan fingerprint density at radius 1 is 1.65 bits per heavy atom. The number of aryl methyl sites for hydroxylation is 1. The van der Waals surface area contributed by atoms with Crippen LogP contribution in [-0.2, 0) is 6.42 Å². The van der Waals surface area contributed by atoms with Crippen molar-refractivity contribution in [3.05, 3.63) is 33.9 Å². The van der Waals surface area contributed by atoms with Crippen LogP contribution in [0.1, 0.15) is 12.5 Å². The standard InChI is InChI=1S/C11H13N3O3/c1-2-8-3-4-11(10(5-8)14(15)16)17-7-9(13)6-12/h3-5,9H,2,7,13H2,1H3. The average molecular weight is 235 g/mol. The topological polar surface area (TPSA) is 102 Å². The molecule has 6 heteroatoms. The van der Waals surface area contributed by atoms with Gasteiger partial charge in [0.25, 0.3) is 0 Å². The van der Waals surface area contributed by atoms with Crippen LogP contribution in [0.15, 0.2) is 18.2 Å². The fourth-order valence-electron chi connectivity index (χ4n) is 1.26. The van der Waals surface area contributed by atoms with Crippen molar-refractivity contribution in [3.8, 4) is 11.8 Å². The number of benzene rings is 1. The van der Waals surface area contributed by atoms with Crippen LogP contribution in [0.4, 0.5) is 5.69 Å². The summed E-state index contributed by atoms with van der Waals surface area (Å²) in [6.07, 6.45) is 0.707. The molecule has 0 spiro atoms. The van der Waals surface area contributed by atoms with Crippen molar-refractivity contribution in [1.82, 2.24) is 0 Å². The van der Waals surface area contributed by atoms with Gasteiger partial charge in [-0.05, 0) is 18.1 Å². The maximum atomic E-state index is 10.8. The van der Waals surface area contributed by atoms with Gasteiger partial charge < -0.3 is 10.5 Å². The zero-order chi connectivity index (χ0) is 12.8. The first kappa shape index (κ1) is 12.9. The van der Waals surface area contributed by atoms with Crippen LogP contribution in [-0.4, -0.2) is 17.6 Å². The highest BCUT2D eigenvalue weighted by atomic mass is 16.6. The molecule has 0 amide bonds. The summed E-state index contributed by atoms with van der Waals surface area (Å²) in [5.41, 5.74) is 6.10. The number of nitrogens with zero attached hydrogens (tertiary/aromatic N) is 2. The van der Waals surface area contributed by atoms with E-state index in [9.17, 15) is 10.1 Å². The lowest BCUT2D eigenvalue weighted by molar-refractivity contribution is -0.385. The lowest BCUT2D eigenvalue weighted by atomic mass is 10.1. The highest BCUT2D eigenvalue weighted by Crippen LogP contribution is 2.28. The summed E-state index contributed by atoms with van der Waals surface area (Å²) in [5.74, 6) is 0.137. The third-order valence-electron chi connectivity index (χ3n) is 2.21. The van der Waals surface area contributed by atoms with E-state index in [-0.39, 0.29) is 18.0 Å². The first-order valence-electron chi connectivity index (χ1n) is 5.13. The second-order valence-electron chi connectivity index (χ2n) is 3.46. The summed E-state index contributed by atoms with van der Waals surface area (Å²) >= 11 is 0. The van der Waals surface area contributed by atoms with E-state index in [0.717, 1.165) is 5.56 Å². The highest BCUT2D eigenvalue weighted by molar-refractivity contribution is 5.48. The Morgan fingerprint density at radius 2 is 2.35 bits per heavy atom. The van der Waals surface area contributed by atoms with Crippen LogP contribution in [0.3, 0.4) is 0 Å². The summed E-state index contributed by atoms with van der Waals surface area (Å²) in [5, 5.41) is 19.3. The zero-order valence-corrected chi connectivity index (χ0v) is 9.42. The minimum atomic E-state index is -0.791. The van der Waals surface area contributed by atoms with Crippen molar-refractivity contribution < 1.29 is 9.66 Å². The number of nitrogens with two attached hydrogens (primary N) is 1. The van der Waals surface area contributed by atoms with Gasteiger partial charge in [-0.15, -0.1) is 0 Å². The van der Waals surface area contributed by atoms with Crippen LogP contribution in [0.25, 0.3) is 0 Å². The van der Waals surface area contributed by atoms with Crippen LogP contribution >= 0.6 is 0 Å². The molecule has 17 heavy (non-hydrogen) atoms. The second kappa shape index (κ2) is 5.82. The predicted octanol–water partition coefficient (Wildman–Crippen LogP) is 1.39. The molecule has 0 fully saturated rings. The van der Waals surface area contributed by atoms with Crippen molar-refractivity contribution in [2.24, 2.45) is 5.73 Å². The Bertz CT molecular complexity index is 454. The molecule has 0 heterocycles. The largest absolute Gasteiger partial charge is 0.484 e. The van der Waals surface area contributed by atoms with Crippen LogP contribution < -0.4 is 10.5 Å². The van der Waals surface area contributed by atoms with Gasteiger partial charge >= 0.3 is 5.69 Å². The SMILES string of the molecule is CCc1ccc(OCC(N)C#N)c([N+](=O)[O-])c1. The summed E-state index contributed by atoms with van der Waals surface area (Å²) in [6, 6.07) is 5.74. The minimum absolute atomic E-state index is 0.0667. The third-order valence-corrected chi connectivity index (χ3v) is 2.21. The van der Waals surface area contributed by atoms with Gasteiger partial charge in [-0.1, -0.05) is 13.0 Å². The van der Waals surface area contributed by atoms with E-state index >= 15 is 0 Å². The normalized spacial score (nSPS) is 11.6. The molecule has 1 aromatic carbocycles. The smallest absolute Gasteiger partial charge is 0.311 e. The molecule has 6 nitrogen and oxygen atoms in total. The molecule has 0 saturated heterocycles. The molecule has 1 atom stereocenters. The van der Waals surface area contributed by atoms with Gasteiger partial charge in [-0.3, -0.25) is 10.1 Å². The molecule has 1 unspecified atom stereocenters.